The van der Waals surface area contributed by atoms with Crippen LogP contribution in [0, 0.1) is 0 Å². The molecule has 0 heterocycles. The van der Waals surface area contributed by atoms with E-state index in [2.05, 4.69) is 21.2 Å². The molecule has 230 valence electrons. The molecule has 44 heavy (non-hydrogen) atoms. The van der Waals surface area contributed by atoms with Gasteiger partial charge in [-0.05, 0) is 59.0 Å². The van der Waals surface area contributed by atoms with Gasteiger partial charge >= 0.3 is 0 Å². The molecule has 7 nitrogen and oxygen atoms in total. The zero-order valence-electron chi connectivity index (χ0n) is 24.9. The summed E-state index contributed by atoms with van der Waals surface area (Å²) in [5.41, 5.74) is 1.75. The van der Waals surface area contributed by atoms with E-state index in [1.807, 2.05) is 78.9 Å². The summed E-state index contributed by atoms with van der Waals surface area (Å²) in [4.78, 5) is 29.8. The van der Waals surface area contributed by atoms with Gasteiger partial charge in [0.1, 0.15) is 6.04 Å². The van der Waals surface area contributed by atoms with Crippen LogP contribution in [0.5, 0.6) is 0 Å². The van der Waals surface area contributed by atoms with Crippen LogP contribution >= 0.6 is 15.9 Å². The molecule has 1 aliphatic carbocycles. The van der Waals surface area contributed by atoms with Crippen LogP contribution < -0.4 is 5.32 Å². The highest BCUT2D eigenvalue weighted by atomic mass is 79.9. The third-order valence-electron chi connectivity index (χ3n) is 8.25. The first-order valence-electron chi connectivity index (χ1n) is 15.0. The van der Waals surface area contributed by atoms with Crippen molar-refractivity contribution < 1.29 is 18.0 Å². The quantitative estimate of drug-likeness (QED) is 0.202. The Bertz CT molecular complexity index is 1710. The minimum Gasteiger partial charge on any atom is -0.352 e. The number of carbonyl (C=O) groups excluding carboxylic acids is 2. The first kappa shape index (κ1) is 31.9. The average molecular weight is 677 g/mol. The van der Waals surface area contributed by atoms with Gasteiger partial charge in [0.15, 0.2) is 0 Å². The van der Waals surface area contributed by atoms with E-state index in [0.29, 0.717) is 6.42 Å². The summed E-state index contributed by atoms with van der Waals surface area (Å²) < 4.78 is 29.3. The number of sulfonamides is 1. The van der Waals surface area contributed by atoms with Gasteiger partial charge in [-0.3, -0.25) is 9.59 Å². The van der Waals surface area contributed by atoms with Gasteiger partial charge in [-0.1, -0.05) is 108 Å². The molecular weight excluding hydrogens is 638 g/mol. The van der Waals surface area contributed by atoms with E-state index in [1.165, 1.54) is 7.05 Å². The van der Waals surface area contributed by atoms with Crippen LogP contribution in [-0.2, 0) is 32.6 Å². The number of benzene rings is 4. The van der Waals surface area contributed by atoms with Gasteiger partial charge in [0.2, 0.25) is 21.8 Å². The Morgan fingerprint density at radius 1 is 0.841 bits per heavy atom. The van der Waals surface area contributed by atoms with E-state index in [1.54, 1.807) is 23.1 Å². The van der Waals surface area contributed by atoms with E-state index in [4.69, 9.17) is 0 Å². The second-order valence-electron chi connectivity index (χ2n) is 11.5. The lowest BCUT2D eigenvalue weighted by molar-refractivity contribution is -0.141. The largest absolute Gasteiger partial charge is 0.352 e. The highest BCUT2D eigenvalue weighted by molar-refractivity contribution is 9.10. The van der Waals surface area contributed by atoms with Gasteiger partial charge in [0.25, 0.3) is 0 Å². The monoisotopic (exact) mass is 675 g/mol. The van der Waals surface area contributed by atoms with Crippen molar-refractivity contribution in [3.8, 4) is 0 Å². The predicted octanol–water partition coefficient (Wildman–Crippen LogP) is 6.31. The lowest BCUT2D eigenvalue weighted by atomic mass is 9.94. The Labute approximate surface area is 268 Å². The molecule has 1 aliphatic rings. The van der Waals surface area contributed by atoms with Crippen molar-refractivity contribution in [2.45, 2.75) is 62.0 Å². The Morgan fingerprint density at radius 3 is 2.25 bits per heavy atom. The Morgan fingerprint density at radius 2 is 1.52 bits per heavy atom. The van der Waals surface area contributed by atoms with Crippen LogP contribution in [0.2, 0.25) is 0 Å². The molecule has 4 aromatic carbocycles. The Hall–Kier alpha value is -3.53. The van der Waals surface area contributed by atoms with E-state index in [-0.39, 0.29) is 23.4 Å². The number of hydrogen-bond acceptors (Lipinski definition) is 4. The molecule has 1 atom stereocenters. The molecule has 1 unspecified atom stereocenters. The van der Waals surface area contributed by atoms with E-state index >= 15 is 0 Å². The maximum Gasteiger partial charge on any atom is 0.243 e. The van der Waals surface area contributed by atoms with Crippen LogP contribution in [0.25, 0.3) is 10.8 Å². The number of hydrogen-bond donors (Lipinski definition) is 1. The van der Waals surface area contributed by atoms with Crippen LogP contribution in [0.3, 0.4) is 0 Å². The van der Waals surface area contributed by atoms with Crippen molar-refractivity contribution in [2.24, 2.45) is 0 Å². The van der Waals surface area contributed by atoms with Crippen molar-refractivity contribution in [2.75, 3.05) is 13.6 Å². The van der Waals surface area contributed by atoms with Crippen molar-refractivity contribution in [3.05, 3.63) is 113 Å². The van der Waals surface area contributed by atoms with E-state index < -0.39 is 28.5 Å². The van der Waals surface area contributed by atoms with E-state index in [0.717, 1.165) is 62.8 Å². The lowest BCUT2D eigenvalue weighted by Gasteiger charge is -2.34. The topological polar surface area (TPSA) is 86.8 Å². The summed E-state index contributed by atoms with van der Waals surface area (Å²) in [5, 5.41) is 4.95. The molecule has 4 aromatic rings. The molecule has 9 heteroatoms. The number of rotatable bonds is 11. The molecule has 1 N–H and O–H groups in total. The molecule has 1 saturated carbocycles. The van der Waals surface area contributed by atoms with Gasteiger partial charge in [0.05, 0.1) is 11.4 Å². The number of carbonyl (C=O) groups is 2. The summed E-state index contributed by atoms with van der Waals surface area (Å²) in [6.07, 6.45) is 5.41. The fourth-order valence-electron chi connectivity index (χ4n) is 5.80. The number of amides is 2. The van der Waals surface area contributed by atoms with Crippen LogP contribution in [-0.4, -0.2) is 55.1 Å². The summed E-state index contributed by atoms with van der Waals surface area (Å²) in [6, 6.07) is 28.9. The molecule has 5 rings (SSSR count). The summed E-state index contributed by atoms with van der Waals surface area (Å²) >= 11 is 3.51. The van der Waals surface area contributed by atoms with E-state index in [9.17, 15) is 18.0 Å². The first-order chi connectivity index (χ1) is 21.2. The molecule has 0 bridgehead atoms. The van der Waals surface area contributed by atoms with Gasteiger partial charge in [0, 0.05) is 30.5 Å². The number of fused-ring (bicyclic) bond motifs is 1. The second-order valence-corrected chi connectivity index (χ2v) is 14.4. The van der Waals surface area contributed by atoms with Crippen molar-refractivity contribution in [3.63, 3.8) is 0 Å². The normalized spacial score (nSPS) is 14.8. The summed E-state index contributed by atoms with van der Waals surface area (Å²) in [6.45, 7) is -0.261. The Kier molecular flexibility index (Phi) is 10.5. The maximum atomic E-state index is 14.2. The number of halogens is 1. The molecule has 0 radical (unpaired) electrons. The van der Waals surface area contributed by atoms with Crippen LogP contribution in [0.1, 0.15) is 43.2 Å². The fourth-order valence-corrected chi connectivity index (χ4v) is 7.41. The molecule has 0 aliphatic heterocycles. The van der Waals surface area contributed by atoms with Crippen LogP contribution in [0.4, 0.5) is 0 Å². The zero-order chi connectivity index (χ0) is 31.1. The minimum atomic E-state index is -3.99. The highest BCUT2D eigenvalue weighted by Gasteiger charge is 2.34. The number of likely N-dealkylation sites (N-methyl/N-ethyl adjacent to an activating group) is 1. The smallest absolute Gasteiger partial charge is 0.243 e. The fraction of sp³-hybridized carbons (Fsp3) is 0.314. The highest BCUT2D eigenvalue weighted by Crippen LogP contribution is 2.24. The SMILES string of the molecule is CN(CC(=O)N(Cc1cccc(Br)c1)C(Cc1ccccc1)C(=O)NC1CCCCC1)S(=O)(=O)c1ccc2ccccc2c1. The zero-order valence-corrected chi connectivity index (χ0v) is 27.3. The third kappa shape index (κ3) is 7.94. The molecule has 0 aromatic heterocycles. The molecule has 0 spiro atoms. The standard InChI is InChI=1S/C35H38BrN3O4S/c1-38(44(42,43)32-20-19-28-14-8-9-15-29(28)23-32)25-34(40)39(24-27-13-10-16-30(36)21-27)33(22-26-11-4-2-5-12-26)35(41)37-31-17-6-3-7-18-31/h2,4-5,8-16,19-21,23,31,33H,3,6-7,17-18,22,24-25H2,1H3,(H,37,41). The van der Waals surface area contributed by atoms with Crippen molar-refractivity contribution in [1.82, 2.24) is 14.5 Å². The summed E-state index contributed by atoms with van der Waals surface area (Å²) in [5.74, 6) is -0.666. The van der Waals surface area contributed by atoms with Crippen LogP contribution in [0.15, 0.2) is 106 Å². The third-order valence-corrected chi connectivity index (χ3v) is 10.5. The number of nitrogens with zero attached hydrogens (tertiary/aromatic N) is 2. The molecule has 1 fully saturated rings. The van der Waals surface area contributed by atoms with Gasteiger partial charge in [-0.15, -0.1) is 0 Å². The lowest BCUT2D eigenvalue weighted by Crippen LogP contribution is -2.54. The van der Waals surface area contributed by atoms with Crippen molar-refractivity contribution in [1.29, 1.82) is 0 Å². The number of nitrogens with one attached hydrogen (secondary N) is 1. The van der Waals surface area contributed by atoms with Gasteiger partial charge in [-0.2, -0.15) is 4.31 Å². The van der Waals surface area contributed by atoms with Gasteiger partial charge in [-0.25, -0.2) is 8.42 Å². The minimum absolute atomic E-state index is 0.0632. The molecular formula is C35H38BrN3O4S. The predicted molar refractivity (Wildman–Crippen MR) is 177 cm³/mol. The first-order valence-corrected chi connectivity index (χ1v) is 17.3. The second kappa shape index (κ2) is 14.5. The molecule has 2 amide bonds. The summed E-state index contributed by atoms with van der Waals surface area (Å²) in [7, 11) is -2.58. The Balaban J connectivity index is 1.45. The maximum absolute atomic E-state index is 14.2. The molecule has 0 saturated heterocycles. The van der Waals surface area contributed by atoms with Gasteiger partial charge < -0.3 is 10.2 Å². The average Bonchev–Trinajstić information content (AvgIpc) is 3.03. The van der Waals surface area contributed by atoms with Crippen molar-refractivity contribution >= 4 is 48.5 Å².